The zero-order valence-electron chi connectivity index (χ0n) is 18.0. The number of thioether (sulfide) groups is 1. The van der Waals surface area contributed by atoms with Gasteiger partial charge in [0.2, 0.25) is 0 Å². The number of amides is 2. The number of nitrogens with two attached hydrogens (primary N) is 1. The fourth-order valence-corrected chi connectivity index (χ4v) is 5.38. The molecule has 2 aliphatic rings. The fourth-order valence-electron chi connectivity index (χ4n) is 3.51. The predicted octanol–water partition coefficient (Wildman–Crippen LogP) is 0.939. The zero-order chi connectivity index (χ0) is 25.3. The number of nitrogens with one attached hydrogen (secondary N) is 1. The van der Waals surface area contributed by atoms with Crippen molar-refractivity contribution in [3.8, 4) is 11.5 Å². The van der Waals surface area contributed by atoms with E-state index in [9.17, 15) is 29.7 Å². The lowest BCUT2D eigenvalue weighted by Gasteiger charge is -2.49. The maximum Gasteiger partial charge on any atom is 0.352 e. The van der Waals surface area contributed by atoms with Crippen molar-refractivity contribution in [3.63, 3.8) is 0 Å². The maximum atomic E-state index is 12.9. The number of carboxylic acids is 1. The average Bonchev–Trinajstić information content (AvgIpc) is 3.26. The number of nitrogens with zero attached hydrogens (tertiary/aromatic N) is 3. The Hall–Kier alpha value is -4.04. The molecule has 0 radical (unpaired) electrons. The standard InChI is InChI=1S/C21H19N5O7S2/c1-33-25-14(11-8-35-21(22)23-11)17(29)24-15-18(30)26-16(20(31)32)10(7-34-19(15)26)4-2-9-3-5-12(27)13(28)6-9/h2-6,8,15,19,27-28H,7H2,1H3,(H2,22,23)(H,24,29)(H,31,32)/b4-2?,25-14-/t15-,19-/m1/s1. The van der Waals surface area contributed by atoms with Crippen molar-refractivity contribution in [1.82, 2.24) is 15.2 Å². The Morgan fingerprint density at radius 3 is 2.71 bits per heavy atom. The number of aromatic nitrogens is 1. The highest BCUT2D eigenvalue weighted by atomic mass is 32.2. The van der Waals surface area contributed by atoms with E-state index in [0.29, 0.717) is 11.1 Å². The molecule has 1 fully saturated rings. The Kier molecular flexibility index (Phi) is 6.66. The fraction of sp³-hybridized carbons (Fsp3) is 0.190. The largest absolute Gasteiger partial charge is 0.504 e. The van der Waals surface area contributed by atoms with Gasteiger partial charge < -0.3 is 31.2 Å². The Bertz CT molecular complexity index is 1300. The van der Waals surface area contributed by atoms with Gasteiger partial charge in [-0.3, -0.25) is 14.5 Å². The maximum absolute atomic E-state index is 12.9. The van der Waals surface area contributed by atoms with Gasteiger partial charge in [0.05, 0.1) is 0 Å². The van der Waals surface area contributed by atoms with E-state index in [-0.39, 0.29) is 39.5 Å². The van der Waals surface area contributed by atoms with Gasteiger partial charge in [-0.1, -0.05) is 23.4 Å². The number of nitrogen functional groups attached to an aromatic ring is 1. The van der Waals surface area contributed by atoms with Gasteiger partial charge in [0, 0.05) is 11.1 Å². The third-order valence-corrected chi connectivity index (χ3v) is 7.10. The number of aromatic hydroxyl groups is 2. The number of aliphatic carboxylic acids is 1. The number of carboxylic acid groups (broad SMARTS) is 1. The van der Waals surface area contributed by atoms with Crippen molar-refractivity contribution < 1.29 is 34.5 Å². The minimum absolute atomic E-state index is 0.165. The quantitative estimate of drug-likeness (QED) is 0.153. The molecule has 2 atom stereocenters. The molecule has 14 heteroatoms. The van der Waals surface area contributed by atoms with E-state index in [4.69, 9.17) is 10.6 Å². The molecule has 4 rings (SSSR count). The van der Waals surface area contributed by atoms with E-state index < -0.39 is 29.2 Å². The van der Waals surface area contributed by atoms with Crippen LogP contribution in [0.1, 0.15) is 11.3 Å². The van der Waals surface area contributed by atoms with E-state index >= 15 is 0 Å². The van der Waals surface area contributed by atoms with E-state index in [2.05, 4.69) is 15.5 Å². The summed E-state index contributed by atoms with van der Waals surface area (Å²) < 4.78 is 0. The summed E-state index contributed by atoms with van der Waals surface area (Å²) in [6, 6.07) is 3.20. The van der Waals surface area contributed by atoms with Crippen LogP contribution in [0.3, 0.4) is 0 Å². The second-order valence-corrected chi connectivity index (χ2v) is 9.31. The summed E-state index contributed by atoms with van der Waals surface area (Å²) in [6.07, 6.45) is 3.10. The Morgan fingerprint density at radius 1 is 1.31 bits per heavy atom. The summed E-state index contributed by atoms with van der Waals surface area (Å²) in [4.78, 5) is 47.5. The Balaban J connectivity index is 1.54. The third-order valence-electron chi connectivity index (χ3n) is 5.13. The molecule has 182 valence electrons. The van der Waals surface area contributed by atoms with Gasteiger partial charge in [-0.25, -0.2) is 9.78 Å². The second-order valence-electron chi connectivity index (χ2n) is 7.31. The van der Waals surface area contributed by atoms with Crippen LogP contribution in [-0.4, -0.2) is 73.0 Å². The minimum Gasteiger partial charge on any atom is -0.504 e. The molecule has 6 N–H and O–H groups in total. The molecule has 35 heavy (non-hydrogen) atoms. The summed E-state index contributed by atoms with van der Waals surface area (Å²) in [7, 11) is 1.26. The molecule has 12 nitrogen and oxygen atoms in total. The molecule has 0 saturated carbocycles. The highest BCUT2D eigenvalue weighted by Crippen LogP contribution is 2.41. The number of carbonyl (C=O) groups excluding carboxylic acids is 2. The number of carbonyl (C=O) groups is 3. The Morgan fingerprint density at radius 2 is 2.09 bits per heavy atom. The smallest absolute Gasteiger partial charge is 0.352 e. The lowest BCUT2D eigenvalue weighted by Crippen LogP contribution is -2.71. The molecule has 0 aliphatic carbocycles. The summed E-state index contributed by atoms with van der Waals surface area (Å²) >= 11 is 2.39. The predicted molar refractivity (Wildman–Crippen MR) is 129 cm³/mol. The molecule has 0 bridgehead atoms. The first kappa shape index (κ1) is 24.1. The lowest BCUT2D eigenvalue weighted by molar-refractivity contribution is -0.150. The molecule has 0 unspecified atom stereocenters. The summed E-state index contributed by atoms with van der Waals surface area (Å²) in [5.74, 6) is -2.93. The van der Waals surface area contributed by atoms with Gasteiger partial charge in [0.25, 0.3) is 11.8 Å². The number of β-lactam (4-membered cyclic amide) rings is 1. The molecule has 2 aliphatic heterocycles. The topological polar surface area (TPSA) is 188 Å². The lowest BCUT2D eigenvalue weighted by atomic mass is 10.0. The molecular formula is C21H19N5O7S2. The van der Waals surface area contributed by atoms with E-state index in [1.54, 1.807) is 12.1 Å². The number of phenols is 2. The van der Waals surface area contributed by atoms with Gasteiger partial charge in [0.15, 0.2) is 22.3 Å². The van der Waals surface area contributed by atoms with Gasteiger partial charge in [-0.2, -0.15) is 0 Å². The number of benzene rings is 1. The van der Waals surface area contributed by atoms with Crippen molar-refractivity contribution in [3.05, 3.63) is 52.2 Å². The molecule has 3 heterocycles. The van der Waals surface area contributed by atoms with Crippen LogP contribution in [0.4, 0.5) is 5.13 Å². The highest BCUT2D eigenvalue weighted by Gasteiger charge is 2.54. The van der Waals surface area contributed by atoms with Crippen molar-refractivity contribution in [2.45, 2.75) is 11.4 Å². The average molecular weight is 518 g/mol. The first-order valence-corrected chi connectivity index (χ1v) is 11.9. The number of allylic oxidation sites excluding steroid dienone is 1. The number of thiazole rings is 1. The van der Waals surface area contributed by atoms with Crippen molar-refractivity contribution in [1.29, 1.82) is 0 Å². The Labute approximate surface area is 206 Å². The number of phenolic OH excluding ortho intramolecular Hbond substituents is 2. The van der Waals surface area contributed by atoms with Gasteiger partial charge >= 0.3 is 5.97 Å². The van der Waals surface area contributed by atoms with Crippen molar-refractivity contribution >= 4 is 57.8 Å². The first-order valence-electron chi connectivity index (χ1n) is 9.95. The van der Waals surface area contributed by atoms with Crippen LogP contribution >= 0.6 is 23.1 Å². The third kappa shape index (κ3) is 4.65. The molecule has 2 aromatic rings. The van der Waals surface area contributed by atoms with Crippen LogP contribution in [0.5, 0.6) is 11.5 Å². The van der Waals surface area contributed by atoms with E-state index in [1.807, 2.05) is 0 Å². The molecule has 1 aromatic carbocycles. The normalized spacial score (nSPS) is 20.0. The van der Waals surface area contributed by atoms with Crippen LogP contribution < -0.4 is 11.1 Å². The molecule has 0 spiro atoms. The summed E-state index contributed by atoms with van der Waals surface area (Å²) in [5, 5.41) is 36.2. The van der Waals surface area contributed by atoms with Crippen molar-refractivity contribution in [2.24, 2.45) is 5.16 Å². The molecule has 1 saturated heterocycles. The first-order chi connectivity index (χ1) is 16.7. The van der Waals surface area contributed by atoms with Gasteiger partial charge in [-0.15, -0.1) is 23.1 Å². The van der Waals surface area contributed by atoms with Crippen LogP contribution in [-0.2, 0) is 19.2 Å². The van der Waals surface area contributed by atoms with Crippen LogP contribution in [0.15, 0.2) is 46.1 Å². The minimum atomic E-state index is -1.29. The number of rotatable bonds is 7. The number of fused-ring (bicyclic) bond motifs is 1. The highest BCUT2D eigenvalue weighted by molar-refractivity contribution is 8.00. The summed E-state index contributed by atoms with van der Waals surface area (Å²) in [5.41, 5.74) is 6.35. The second kappa shape index (κ2) is 9.68. The van der Waals surface area contributed by atoms with E-state index in [1.165, 1.54) is 42.5 Å². The van der Waals surface area contributed by atoms with Crippen LogP contribution in [0, 0.1) is 0 Å². The molecule has 1 aromatic heterocycles. The zero-order valence-corrected chi connectivity index (χ0v) is 19.7. The van der Waals surface area contributed by atoms with Gasteiger partial charge in [0.1, 0.15) is 29.9 Å². The SMILES string of the molecule is CO/N=C(\C(=O)N[C@@H]1C(=O)N2C(C(=O)O)=C(C=Cc3ccc(O)c(O)c3)CS[C@H]12)c1csc(N)n1. The molecule has 2 amide bonds. The van der Waals surface area contributed by atoms with Gasteiger partial charge in [-0.05, 0) is 23.3 Å². The summed E-state index contributed by atoms with van der Waals surface area (Å²) in [6.45, 7) is 0. The van der Waals surface area contributed by atoms with E-state index in [0.717, 1.165) is 16.2 Å². The number of oxime groups is 1. The monoisotopic (exact) mass is 517 g/mol. The van der Waals surface area contributed by atoms with Crippen LogP contribution in [0.25, 0.3) is 6.08 Å². The number of hydrogen-bond acceptors (Lipinski definition) is 11. The number of hydrogen-bond donors (Lipinski definition) is 5. The van der Waals surface area contributed by atoms with Crippen LogP contribution in [0.2, 0.25) is 0 Å². The number of anilines is 1. The van der Waals surface area contributed by atoms with Crippen molar-refractivity contribution in [2.75, 3.05) is 18.6 Å². The molecular weight excluding hydrogens is 498 g/mol.